The first-order valence-electron chi connectivity index (χ1n) is 6.67. The second kappa shape index (κ2) is 10.6. The topological polar surface area (TPSA) is 90.4 Å². The van der Waals surface area contributed by atoms with Crippen LogP contribution in [-0.2, 0) is 14.1 Å². The fourth-order valence-corrected chi connectivity index (χ4v) is 2.34. The highest BCUT2D eigenvalue weighted by atomic mass is 127. The lowest BCUT2D eigenvalue weighted by Crippen LogP contribution is -2.19. The first-order valence-corrected chi connectivity index (χ1v) is 10.4. The van der Waals surface area contributed by atoms with Gasteiger partial charge in [-0.05, 0) is 19.9 Å². The summed E-state index contributed by atoms with van der Waals surface area (Å²) in [4.78, 5) is 32.0. The molecule has 0 fully saturated rings. The lowest BCUT2D eigenvalue weighted by Gasteiger charge is -2.12. The number of thioether (sulfide) groups is 1. The van der Waals surface area contributed by atoms with Crippen molar-refractivity contribution in [3.05, 3.63) is 11.8 Å². The summed E-state index contributed by atoms with van der Waals surface area (Å²) in [5.74, 6) is -0.476. The van der Waals surface area contributed by atoms with Gasteiger partial charge in [-0.25, -0.2) is 14.8 Å². The van der Waals surface area contributed by atoms with Gasteiger partial charge >= 0.3 is 15.5 Å². The number of carbonyl (C=O) groups is 2. The van der Waals surface area contributed by atoms with Crippen LogP contribution in [0, 0.1) is 0 Å². The smallest absolute Gasteiger partial charge is 0.429 e. The summed E-state index contributed by atoms with van der Waals surface area (Å²) in [7, 11) is 0. The second-order valence-corrected chi connectivity index (χ2v) is 8.56. The Morgan fingerprint density at radius 1 is 1.30 bits per heavy atom. The first-order chi connectivity index (χ1) is 10.8. The minimum absolute atomic E-state index is 0.170. The Kier molecular flexibility index (Phi) is 9.58. The molecule has 0 aromatic carbocycles. The van der Waals surface area contributed by atoms with Crippen LogP contribution in [0.2, 0.25) is 13.6 Å². The molecule has 0 aliphatic heterocycles. The average molecular weight is 561 g/mol. The number of hydrogen-bond donors (Lipinski definition) is 1. The largest absolute Gasteiger partial charge is 0.525 e. The van der Waals surface area contributed by atoms with Crippen molar-refractivity contribution in [2.24, 2.45) is 0 Å². The van der Waals surface area contributed by atoms with Gasteiger partial charge in [-0.15, -0.1) is 0 Å². The molecule has 0 radical (unpaired) electrons. The van der Waals surface area contributed by atoms with Gasteiger partial charge in [-0.2, -0.15) is 0 Å². The van der Waals surface area contributed by atoms with Crippen molar-refractivity contribution >= 4 is 83.8 Å². The molecule has 0 unspecified atom stereocenters. The van der Waals surface area contributed by atoms with Crippen LogP contribution in [-0.4, -0.2) is 44.3 Å². The Morgan fingerprint density at radius 3 is 2.52 bits per heavy atom. The second-order valence-electron chi connectivity index (χ2n) is 4.28. The quantitative estimate of drug-likeness (QED) is 0.225. The van der Waals surface area contributed by atoms with Crippen molar-refractivity contribution in [1.82, 2.24) is 9.97 Å². The molecule has 12 heteroatoms. The van der Waals surface area contributed by atoms with Crippen LogP contribution >= 0.6 is 56.5 Å². The summed E-state index contributed by atoms with van der Waals surface area (Å²) in [6, 6.07) is 0. The van der Waals surface area contributed by atoms with Gasteiger partial charge in [0.15, 0.2) is 5.16 Å². The number of anilines is 1. The molecule has 0 saturated heterocycles. The number of hydrogen-bond acceptors (Lipinski definition) is 8. The number of aromatic nitrogens is 2. The lowest BCUT2D eigenvalue weighted by molar-refractivity contribution is -0.134. The van der Waals surface area contributed by atoms with Crippen LogP contribution in [0.1, 0.15) is 16.8 Å². The minimum atomic E-state index is -0.509. The Morgan fingerprint density at radius 2 is 1.96 bits per heavy atom. The zero-order valence-corrected chi connectivity index (χ0v) is 18.0. The SMILES string of the molecule is CSc1ncc(C(=O)OB(C)I)c(NCCC(=O)OB(C)I)n1. The maximum Gasteiger partial charge on any atom is 0.429 e. The van der Waals surface area contributed by atoms with Crippen LogP contribution in [0.3, 0.4) is 0 Å². The zero-order chi connectivity index (χ0) is 17.4. The molecule has 1 heterocycles. The Hall–Kier alpha value is -0.240. The summed E-state index contributed by atoms with van der Waals surface area (Å²) in [5.41, 5.74) is 0.238. The fourth-order valence-electron chi connectivity index (χ4n) is 1.48. The number of carbonyl (C=O) groups excluding carboxylic acids is 2. The molecule has 0 bridgehead atoms. The van der Waals surface area contributed by atoms with Crippen molar-refractivity contribution in [1.29, 1.82) is 0 Å². The summed E-state index contributed by atoms with van der Waals surface area (Å²) in [6.07, 6.45) is 3.43. The molecule has 0 atom stereocenters. The predicted molar refractivity (Wildman–Crippen MR) is 110 cm³/mol. The predicted octanol–water partition coefficient (Wildman–Crippen LogP) is 2.81. The van der Waals surface area contributed by atoms with E-state index in [2.05, 4.69) is 15.3 Å². The average Bonchev–Trinajstić information content (AvgIpc) is 2.45. The molecule has 124 valence electrons. The van der Waals surface area contributed by atoms with E-state index in [0.717, 1.165) is 0 Å². The van der Waals surface area contributed by atoms with Crippen LogP contribution in [0.25, 0.3) is 0 Å². The molecule has 7 nitrogen and oxygen atoms in total. The zero-order valence-electron chi connectivity index (χ0n) is 12.8. The van der Waals surface area contributed by atoms with Gasteiger partial charge in [0.25, 0.3) is 5.97 Å². The molecule has 1 aromatic rings. The molecule has 1 rings (SSSR count). The van der Waals surface area contributed by atoms with E-state index in [0.29, 0.717) is 17.5 Å². The maximum absolute atomic E-state index is 12.1. The molecular weight excluding hydrogens is 546 g/mol. The molecule has 0 aliphatic carbocycles. The number of rotatable bonds is 8. The van der Waals surface area contributed by atoms with Gasteiger partial charge < -0.3 is 14.6 Å². The molecule has 0 spiro atoms. The Balaban J connectivity index is 2.77. The molecule has 1 N–H and O–H groups in total. The molecule has 23 heavy (non-hydrogen) atoms. The third kappa shape index (κ3) is 7.92. The van der Waals surface area contributed by atoms with Crippen LogP contribution < -0.4 is 5.32 Å². The standard InChI is InChI=1S/C11H15B2I2N3O4S/c1-12(14)21-8(19)4-5-16-9-7(10(20)22-13(2)15)6-17-11(18-9)23-3/h6H,4-5H2,1-3H3,(H,16,17,18). The van der Waals surface area contributed by atoms with E-state index < -0.39 is 5.97 Å². The van der Waals surface area contributed by atoms with Gasteiger partial charge in [0, 0.05) is 12.7 Å². The third-order valence-corrected chi connectivity index (χ3v) is 3.42. The van der Waals surface area contributed by atoms with Crippen LogP contribution in [0.5, 0.6) is 0 Å². The van der Waals surface area contributed by atoms with Crippen molar-refractivity contribution in [2.45, 2.75) is 25.2 Å². The highest BCUT2D eigenvalue weighted by molar-refractivity contribution is 14.1. The number of halogens is 2. The van der Waals surface area contributed by atoms with Gasteiger partial charge in [-0.1, -0.05) is 56.5 Å². The van der Waals surface area contributed by atoms with E-state index >= 15 is 0 Å². The van der Waals surface area contributed by atoms with E-state index in [1.54, 1.807) is 13.6 Å². The third-order valence-electron chi connectivity index (χ3n) is 2.35. The van der Waals surface area contributed by atoms with Gasteiger partial charge in [0.2, 0.25) is 0 Å². The van der Waals surface area contributed by atoms with Crippen molar-refractivity contribution in [3.8, 4) is 0 Å². The first kappa shape index (κ1) is 20.8. The van der Waals surface area contributed by atoms with Gasteiger partial charge in [-0.3, -0.25) is 4.79 Å². The molecular formula is C11H15B2I2N3O4S. The Bertz CT molecular complexity index is 566. The summed E-state index contributed by atoms with van der Waals surface area (Å²) >= 11 is 5.35. The summed E-state index contributed by atoms with van der Waals surface area (Å²) in [5, 5.41) is 3.50. The van der Waals surface area contributed by atoms with E-state index in [4.69, 9.17) is 9.31 Å². The van der Waals surface area contributed by atoms with Gasteiger partial charge in [0.1, 0.15) is 11.4 Å². The van der Waals surface area contributed by atoms with Crippen LogP contribution in [0.4, 0.5) is 5.82 Å². The number of nitrogens with one attached hydrogen (secondary N) is 1. The Labute approximate surface area is 166 Å². The van der Waals surface area contributed by atoms with E-state index in [1.165, 1.54) is 18.0 Å². The van der Waals surface area contributed by atoms with E-state index in [-0.39, 0.29) is 27.5 Å². The summed E-state index contributed by atoms with van der Waals surface area (Å²) < 4.78 is 9.75. The highest BCUT2D eigenvalue weighted by Crippen LogP contribution is 2.18. The summed E-state index contributed by atoms with van der Waals surface area (Å²) in [6.45, 7) is 3.83. The van der Waals surface area contributed by atoms with Crippen molar-refractivity contribution < 1.29 is 18.9 Å². The van der Waals surface area contributed by atoms with Crippen molar-refractivity contribution in [2.75, 3.05) is 18.1 Å². The molecule has 1 aromatic heterocycles. The number of nitrogens with zero attached hydrogens (tertiary/aromatic N) is 2. The lowest BCUT2D eigenvalue weighted by atomic mass is 10.1. The van der Waals surface area contributed by atoms with Crippen LogP contribution in [0.15, 0.2) is 11.4 Å². The molecule has 0 aliphatic rings. The normalized spacial score (nSPS) is 9.96. The monoisotopic (exact) mass is 561 g/mol. The highest BCUT2D eigenvalue weighted by Gasteiger charge is 2.19. The molecule has 0 saturated carbocycles. The fraction of sp³-hybridized carbons (Fsp3) is 0.455. The van der Waals surface area contributed by atoms with E-state index in [9.17, 15) is 9.59 Å². The van der Waals surface area contributed by atoms with E-state index in [1.807, 2.05) is 51.0 Å². The minimum Gasteiger partial charge on any atom is -0.525 e. The maximum atomic E-state index is 12.1. The van der Waals surface area contributed by atoms with Crippen molar-refractivity contribution in [3.63, 3.8) is 0 Å². The van der Waals surface area contributed by atoms with Gasteiger partial charge in [0.05, 0.1) is 6.42 Å². The molecule has 0 amide bonds.